The van der Waals surface area contributed by atoms with Crippen molar-refractivity contribution >= 4 is 6.21 Å². The van der Waals surface area contributed by atoms with E-state index in [2.05, 4.69) is 0 Å². The predicted octanol–water partition coefficient (Wildman–Crippen LogP) is -5.49. The SMILES string of the molecule is [Li+].[Li+].[O-][N+]([O-])=[C-]C(F)(F)F. The van der Waals surface area contributed by atoms with E-state index < -0.39 is 11.1 Å². The summed E-state index contributed by atoms with van der Waals surface area (Å²) in [5, 5.41) is 18.0. The summed E-state index contributed by atoms with van der Waals surface area (Å²) in [4.78, 5) is -1.67. The van der Waals surface area contributed by atoms with Crippen LogP contribution in [0.2, 0.25) is 0 Å². The average Bonchev–Trinajstić information content (AvgIpc) is 1.21. The third-order valence-electron chi connectivity index (χ3n) is 0.218. The first-order valence-corrected chi connectivity index (χ1v) is 1.41. The van der Waals surface area contributed by atoms with Gasteiger partial charge in [0.1, 0.15) is 0 Å². The molecule has 0 atom stereocenters. The number of halogens is 3. The fourth-order valence-corrected chi connectivity index (χ4v) is 0.104. The van der Waals surface area contributed by atoms with Gasteiger partial charge in [0.2, 0.25) is 0 Å². The number of nitrogens with zero attached hydrogens (tertiary/aromatic N) is 1. The maximum absolute atomic E-state index is 10.8. The summed E-state index contributed by atoms with van der Waals surface area (Å²) >= 11 is 0. The van der Waals surface area contributed by atoms with Gasteiger partial charge in [-0.15, -0.1) is 0 Å². The van der Waals surface area contributed by atoms with Gasteiger partial charge in [-0.05, 0) is 0 Å². The Balaban J connectivity index is -0.000000245. The molecule has 0 spiro atoms. The minimum atomic E-state index is -4.93. The van der Waals surface area contributed by atoms with Crippen molar-refractivity contribution in [2.75, 3.05) is 0 Å². The van der Waals surface area contributed by atoms with Gasteiger partial charge in [-0.3, -0.25) is 0 Å². The molecule has 48 valence electrons. The molecule has 0 heterocycles. The summed E-state index contributed by atoms with van der Waals surface area (Å²) in [5.41, 5.74) is 0. The van der Waals surface area contributed by atoms with Gasteiger partial charge in [-0.25, -0.2) is 0 Å². The number of hydrogen-bond donors (Lipinski definition) is 0. The summed E-state index contributed by atoms with van der Waals surface area (Å²) in [6.07, 6.45) is -4.82. The van der Waals surface area contributed by atoms with E-state index >= 15 is 0 Å². The van der Waals surface area contributed by atoms with Crippen molar-refractivity contribution in [3.05, 3.63) is 10.4 Å². The Labute approximate surface area is 78.8 Å². The smallest absolute Gasteiger partial charge is 0.644 e. The molecule has 10 heavy (non-hydrogen) atoms. The van der Waals surface area contributed by atoms with Crippen molar-refractivity contribution in [3.63, 3.8) is 0 Å². The molecule has 0 aromatic heterocycles. The molecule has 0 aromatic carbocycles. The number of alkyl halides is 3. The van der Waals surface area contributed by atoms with Crippen molar-refractivity contribution in [2.24, 2.45) is 0 Å². The third kappa shape index (κ3) is 15.7. The number of hydrogen-bond acceptors (Lipinski definition) is 2. The van der Waals surface area contributed by atoms with Crippen LogP contribution < -0.4 is 37.7 Å². The Morgan fingerprint density at radius 3 is 1.40 bits per heavy atom. The van der Waals surface area contributed by atoms with Gasteiger partial charge in [0.05, 0.1) is 0 Å². The van der Waals surface area contributed by atoms with Crippen LogP contribution >= 0.6 is 0 Å². The minimum Gasteiger partial charge on any atom is -0.644 e. The van der Waals surface area contributed by atoms with Gasteiger partial charge in [-0.1, -0.05) is 6.21 Å². The molecule has 0 aromatic rings. The zero-order valence-electron chi connectivity index (χ0n) is 5.40. The van der Waals surface area contributed by atoms with E-state index in [4.69, 9.17) is 10.4 Å². The van der Waals surface area contributed by atoms with Crippen LogP contribution in [0.1, 0.15) is 0 Å². The fraction of sp³-hybridized carbons (Fsp3) is 0.500. The van der Waals surface area contributed by atoms with Crippen molar-refractivity contribution in [1.29, 1.82) is 0 Å². The molecule has 0 saturated carbocycles. The Kier molecular flexibility index (Phi) is 10.0. The molecule has 0 saturated heterocycles. The Bertz CT molecular complexity index is 110. The molecule has 0 fully saturated rings. The Hall–Kier alpha value is 0.255. The fourth-order valence-electron chi connectivity index (χ4n) is 0.104. The second-order valence-electron chi connectivity index (χ2n) is 0.867. The van der Waals surface area contributed by atoms with Gasteiger partial charge in [-0.2, -0.15) is 13.2 Å². The van der Waals surface area contributed by atoms with Crippen LogP contribution in [0.3, 0.4) is 0 Å². The zero-order valence-corrected chi connectivity index (χ0v) is 5.40. The molecular weight excluding hydrogens is 141 g/mol. The van der Waals surface area contributed by atoms with Gasteiger partial charge in [0.15, 0.2) is 0 Å². The van der Waals surface area contributed by atoms with Crippen LogP contribution in [0.4, 0.5) is 13.2 Å². The first kappa shape index (κ1) is 16.7. The summed E-state index contributed by atoms with van der Waals surface area (Å²) in [6.45, 7) is 0. The van der Waals surface area contributed by atoms with E-state index in [0.29, 0.717) is 0 Å². The van der Waals surface area contributed by atoms with Crippen LogP contribution in [-0.4, -0.2) is 17.3 Å². The summed E-state index contributed by atoms with van der Waals surface area (Å²) in [5.74, 6) is 0. The molecule has 0 aliphatic heterocycles. The van der Waals surface area contributed by atoms with Crippen molar-refractivity contribution in [3.8, 4) is 0 Å². The van der Waals surface area contributed by atoms with E-state index in [9.17, 15) is 13.2 Å². The van der Waals surface area contributed by atoms with E-state index in [1.807, 2.05) is 0 Å². The molecule has 0 radical (unpaired) electrons. The second-order valence-corrected chi connectivity index (χ2v) is 0.867. The normalized spacial score (nSPS) is 8.70. The molecule has 0 bridgehead atoms. The van der Waals surface area contributed by atoms with E-state index in [0.717, 1.165) is 0 Å². The van der Waals surface area contributed by atoms with E-state index in [1.165, 1.54) is 0 Å². The molecular formula is C2F3Li2NO2. The van der Waals surface area contributed by atoms with Crippen molar-refractivity contribution < 1.29 is 55.8 Å². The van der Waals surface area contributed by atoms with Crippen LogP contribution in [-0.2, 0) is 0 Å². The van der Waals surface area contributed by atoms with Crippen LogP contribution in [0.25, 0.3) is 0 Å². The van der Waals surface area contributed by atoms with Crippen molar-refractivity contribution in [2.45, 2.75) is 6.18 Å². The van der Waals surface area contributed by atoms with Crippen molar-refractivity contribution in [1.82, 2.24) is 0 Å². The van der Waals surface area contributed by atoms with Gasteiger partial charge in [0, 0.05) is 0 Å². The Morgan fingerprint density at radius 2 is 1.40 bits per heavy atom. The van der Waals surface area contributed by atoms with Gasteiger partial charge in [0.25, 0.3) is 0 Å². The molecule has 0 rings (SSSR count). The van der Waals surface area contributed by atoms with Crippen LogP contribution in [0.15, 0.2) is 0 Å². The molecule has 0 amide bonds. The summed E-state index contributed by atoms with van der Waals surface area (Å²) < 4.78 is 32.3. The standard InChI is InChI=1S/C2F3NO2.2Li/c3-2(4,5)1-6(7)8;;/q-2;2*+1. The predicted molar refractivity (Wildman–Crippen MR) is 18.1 cm³/mol. The molecule has 8 heteroatoms. The molecule has 3 nitrogen and oxygen atoms in total. The maximum atomic E-state index is 10.8. The first-order valence-electron chi connectivity index (χ1n) is 1.41. The topological polar surface area (TPSA) is 49.1 Å². The Morgan fingerprint density at radius 1 is 1.10 bits per heavy atom. The molecule has 0 aliphatic carbocycles. The van der Waals surface area contributed by atoms with E-state index in [1.54, 1.807) is 0 Å². The zero-order chi connectivity index (χ0) is 6.78. The third-order valence-corrected chi connectivity index (χ3v) is 0.218. The number of rotatable bonds is 0. The first-order chi connectivity index (χ1) is 3.42. The van der Waals surface area contributed by atoms with Gasteiger partial charge < -0.3 is 15.3 Å². The maximum Gasteiger partial charge on any atom is 1.00 e. The second kappa shape index (κ2) is 6.00. The summed E-state index contributed by atoms with van der Waals surface area (Å²) in [7, 11) is 0. The largest absolute Gasteiger partial charge is 1.00 e. The minimum absolute atomic E-state index is 0. The van der Waals surface area contributed by atoms with Crippen LogP contribution in [0.5, 0.6) is 0 Å². The quantitative estimate of drug-likeness (QED) is 0.111. The molecule has 0 aliphatic rings. The van der Waals surface area contributed by atoms with Crippen LogP contribution in [0, 0.1) is 10.4 Å². The molecule has 0 unspecified atom stereocenters. The van der Waals surface area contributed by atoms with Gasteiger partial charge >= 0.3 is 43.9 Å². The monoisotopic (exact) mass is 141 g/mol. The molecule has 0 N–H and O–H groups in total. The van der Waals surface area contributed by atoms with E-state index in [-0.39, 0.29) is 43.9 Å². The summed E-state index contributed by atoms with van der Waals surface area (Å²) in [6, 6.07) is 0. The average molecular weight is 141 g/mol.